The Morgan fingerprint density at radius 3 is 1.89 bits per heavy atom. The van der Waals surface area contributed by atoms with E-state index in [0.29, 0.717) is 18.1 Å². The van der Waals surface area contributed by atoms with E-state index in [1.165, 1.54) is 26.1 Å². The van der Waals surface area contributed by atoms with Gasteiger partial charge < -0.3 is 37.5 Å². The molecule has 206 valence electrons. The molecule has 4 saturated heterocycles. The molecular formula is C27H54K2N7O-. The fourth-order valence-electron chi connectivity index (χ4n) is 4.21. The first-order valence-electron chi connectivity index (χ1n) is 13.3. The number of nitrogens with zero attached hydrogens (tertiary/aromatic N) is 7. The van der Waals surface area contributed by atoms with E-state index in [2.05, 4.69) is 62.8 Å². The van der Waals surface area contributed by atoms with E-state index in [1.807, 2.05) is 39.5 Å². The number of rotatable bonds is 4. The van der Waals surface area contributed by atoms with Gasteiger partial charge in [0.15, 0.2) is 0 Å². The third-order valence-corrected chi connectivity index (χ3v) is 7.61. The third-order valence-electron chi connectivity index (χ3n) is 7.61. The van der Waals surface area contributed by atoms with Crippen LogP contribution in [0.1, 0.15) is 59.9 Å². The van der Waals surface area contributed by atoms with Gasteiger partial charge in [0.1, 0.15) is 0 Å². The molecule has 5 heterocycles. The summed E-state index contributed by atoms with van der Waals surface area (Å²) in [5.74, 6) is 0. The van der Waals surface area contributed by atoms with Crippen LogP contribution in [0, 0.1) is 7.43 Å². The minimum absolute atomic E-state index is 0. The zero-order chi connectivity index (χ0) is 25.1. The van der Waals surface area contributed by atoms with E-state index < -0.39 is 5.60 Å². The van der Waals surface area contributed by atoms with Crippen molar-refractivity contribution in [2.45, 2.75) is 83.6 Å². The van der Waals surface area contributed by atoms with Crippen LogP contribution in [0.2, 0.25) is 0 Å². The van der Waals surface area contributed by atoms with Gasteiger partial charge in [0.05, 0.1) is 18.0 Å². The van der Waals surface area contributed by atoms with Crippen LogP contribution >= 0.6 is 0 Å². The molecule has 0 aromatic carbocycles. The van der Waals surface area contributed by atoms with Gasteiger partial charge in [0, 0.05) is 31.5 Å². The zero-order valence-electron chi connectivity index (χ0n) is 25.9. The Morgan fingerprint density at radius 1 is 1.03 bits per heavy atom. The van der Waals surface area contributed by atoms with E-state index in [0.717, 1.165) is 51.6 Å². The van der Waals surface area contributed by atoms with Crippen LogP contribution in [0.15, 0.2) is 18.7 Å². The SMILES string of the molecule is CC(C)N1CC(n2ccnc2)C1.CCC(C)(O)CC.CN1CC2CC1C[N-]2.CN1CC[N-]CC1.[CH3-].[K+].[K+]. The second-order valence-corrected chi connectivity index (χ2v) is 10.7. The first kappa shape index (κ1) is 41.4. The number of imidazole rings is 1. The van der Waals surface area contributed by atoms with Gasteiger partial charge in [-0.3, -0.25) is 4.90 Å². The average molecular weight is 571 g/mol. The molecule has 5 rings (SSSR count). The van der Waals surface area contributed by atoms with Gasteiger partial charge in [-0.15, -0.1) is 25.7 Å². The average Bonchev–Trinajstić information content (AvgIpc) is 3.53. The molecule has 0 radical (unpaired) electrons. The van der Waals surface area contributed by atoms with Crippen molar-refractivity contribution in [1.29, 1.82) is 0 Å². The second-order valence-electron chi connectivity index (χ2n) is 10.7. The summed E-state index contributed by atoms with van der Waals surface area (Å²) in [6.45, 7) is 19.4. The molecular weight excluding hydrogens is 517 g/mol. The van der Waals surface area contributed by atoms with Crippen LogP contribution < -0.4 is 103 Å². The third kappa shape index (κ3) is 15.9. The van der Waals surface area contributed by atoms with Crippen molar-refractivity contribution >= 4 is 0 Å². The van der Waals surface area contributed by atoms with E-state index >= 15 is 0 Å². The van der Waals surface area contributed by atoms with Crippen molar-refractivity contribution in [3.8, 4) is 0 Å². The van der Waals surface area contributed by atoms with Crippen molar-refractivity contribution in [2.24, 2.45) is 0 Å². The van der Waals surface area contributed by atoms with Gasteiger partial charge in [-0.05, 0) is 73.4 Å². The molecule has 0 amide bonds. The van der Waals surface area contributed by atoms with Gasteiger partial charge in [-0.25, -0.2) is 4.98 Å². The molecule has 4 aliphatic heterocycles. The van der Waals surface area contributed by atoms with Crippen molar-refractivity contribution in [3.05, 3.63) is 36.8 Å². The predicted molar refractivity (Wildman–Crippen MR) is 149 cm³/mol. The largest absolute Gasteiger partial charge is 1.00 e. The molecule has 4 aliphatic rings. The Bertz CT molecular complexity index is 643. The quantitative estimate of drug-likeness (QED) is 0.332. The standard InChI is InChI=1S/C9H15N3.C6H11N2.C6H14O.C5H11N2.CH3.2K/c1-8(2)12-5-9(6-12)11-4-3-10-7-11;1-8-4-5-2-6(8)3-7-5;1-4-6(3,7)5-2;1-7-4-2-6-3-5-7;;;/h3-4,7-9H,5-6H2,1-2H3;5-6H,2-4H2,1H3;7H,4-5H2,1-3H3;2-5H2,1H3;1H3;;/q;-1;;2*-1;2*+1. The maximum atomic E-state index is 9.13. The second kappa shape index (κ2) is 21.9. The number of likely N-dealkylation sites (tertiary alicyclic amines) is 2. The Balaban J connectivity index is 0. The maximum absolute atomic E-state index is 9.13. The van der Waals surface area contributed by atoms with Crippen LogP contribution in [0.3, 0.4) is 0 Å². The van der Waals surface area contributed by atoms with E-state index in [4.69, 9.17) is 5.11 Å². The number of aliphatic hydroxyl groups is 1. The molecule has 2 atom stereocenters. The Hall–Kier alpha value is 2.24. The number of piperazine rings is 2. The van der Waals surface area contributed by atoms with Crippen molar-refractivity contribution in [3.63, 3.8) is 0 Å². The number of hydrogen-bond acceptors (Lipinski definition) is 5. The van der Waals surface area contributed by atoms with Gasteiger partial charge in [0.25, 0.3) is 0 Å². The Morgan fingerprint density at radius 2 is 1.62 bits per heavy atom. The summed E-state index contributed by atoms with van der Waals surface area (Å²) in [5, 5.41) is 17.7. The van der Waals surface area contributed by atoms with Crippen LogP contribution in [0.4, 0.5) is 0 Å². The molecule has 1 N–H and O–H groups in total. The predicted octanol–water partition coefficient (Wildman–Crippen LogP) is -2.08. The van der Waals surface area contributed by atoms with Gasteiger partial charge in [-0.2, -0.15) is 0 Å². The molecule has 0 aliphatic carbocycles. The topological polar surface area (TPSA) is 76.0 Å². The molecule has 8 nitrogen and oxygen atoms in total. The van der Waals surface area contributed by atoms with Gasteiger partial charge >= 0.3 is 103 Å². The van der Waals surface area contributed by atoms with E-state index in [1.54, 1.807) is 0 Å². The number of likely N-dealkylation sites (N-methyl/N-ethyl adjacent to an activating group) is 2. The van der Waals surface area contributed by atoms with E-state index in [-0.39, 0.29) is 110 Å². The molecule has 0 spiro atoms. The first-order chi connectivity index (χ1) is 16.1. The molecule has 2 unspecified atom stereocenters. The van der Waals surface area contributed by atoms with Crippen LogP contribution in [-0.2, 0) is 0 Å². The van der Waals surface area contributed by atoms with Crippen molar-refractivity contribution in [1.82, 2.24) is 24.3 Å². The van der Waals surface area contributed by atoms with Crippen LogP contribution in [0.5, 0.6) is 0 Å². The van der Waals surface area contributed by atoms with Crippen LogP contribution in [-0.4, -0.2) is 120 Å². The van der Waals surface area contributed by atoms with Crippen molar-refractivity contribution in [2.75, 3.05) is 66.5 Å². The molecule has 37 heavy (non-hydrogen) atoms. The Kier molecular flexibility index (Phi) is 24.5. The number of hydrogen-bond donors (Lipinski definition) is 1. The van der Waals surface area contributed by atoms with Crippen LogP contribution in [0.25, 0.3) is 10.6 Å². The van der Waals surface area contributed by atoms with Crippen molar-refractivity contribution < 1.29 is 108 Å². The molecule has 10 heteroatoms. The fraction of sp³-hybridized carbons (Fsp3) is 0.852. The monoisotopic (exact) mass is 570 g/mol. The minimum atomic E-state index is -0.417. The summed E-state index contributed by atoms with van der Waals surface area (Å²) < 4.78 is 2.19. The van der Waals surface area contributed by atoms with E-state index in [9.17, 15) is 0 Å². The normalized spacial score (nSPS) is 23.5. The minimum Gasteiger partial charge on any atom is -0.660 e. The summed E-state index contributed by atoms with van der Waals surface area (Å²) >= 11 is 0. The summed E-state index contributed by atoms with van der Waals surface area (Å²) in [6.07, 6.45) is 8.83. The summed E-state index contributed by atoms with van der Waals surface area (Å²) in [4.78, 5) is 11.2. The summed E-state index contributed by atoms with van der Waals surface area (Å²) in [7, 11) is 4.33. The fourth-order valence-corrected chi connectivity index (χ4v) is 4.21. The molecule has 1 aromatic heterocycles. The molecule has 0 saturated carbocycles. The van der Waals surface area contributed by atoms with Gasteiger partial charge in [-0.1, -0.05) is 20.3 Å². The zero-order valence-corrected chi connectivity index (χ0v) is 32.1. The molecule has 1 aromatic rings. The Labute approximate surface area is 314 Å². The summed E-state index contributed by atoms with van der Waals surface area (Å²) in [5.41, 5.74) is -0.417. The van der Waals surface area contributed by atoms with Gasteiger partial charge in [0.2, 0.25) is 0 Å². The molecule has 4 fully saturated rings. The summed E-state index contributed by atoms with van der Waals surface area (Å²) in [6, 6.07) is 2.85. The number of fused-ring (bicyclic) bond motifs is 2. The maximum Gasteiger partial charge on any atom is 1.00 e. The number of aromatic nitrogens is 2. The molecule has 2 bridgehead atoms. The first-order valence-corrected chi connectivity index (χ1v) is 13.3. The smallest absolute Gasteiger partial charge is 0.660 e.